The minimum absolute atomic E-state index is 0.698. The molecule has 2 rings (SSSR count). The zero-order valence-electron chi connectivity index (χ0n) is 9.28. The Hall–Kier alpha value is -0.480. The lowest BCUT2D eigenvalue weighted by Gasteiger charge is -2.22. The number of nitrogens with one attached hydrogen (secondary N) is 1. The summed E-state index contributed by atoms with van der Waals surface area (Å²) >= 11 is 2.07. The molecule has 2 heterocycles. The number of nitrogens with zero attached hydrogens (tertiary/aromatic N) is 2. The van der Waals surface area contributed by atoms with Gasteiger partial charge in [-0.15, -0.1) is 0 Å². The Morgan fingerprint density at radius 1 is 1.67 bits per heavy atom. The van der Waals surface area contributed by atoms with Gasteiger partial charge in [-0.2, -0.15) is 16.9 Å². The fourth-order valence-electron chi connectivity index (χ4n) is 1.95. The van der Waals surface area contributed by atoms with Crippen LogP contribution in [0.5, 0.6) is 0 Å². The van der Waals surface area contributed by atoms with Crippen molar-refractivity contribution >= 4 is 11.8 Å². The van der Waals surface area contributed by atoms with Gasteiger partial charge in [-0.3, -0.25) is 4.68 Å². The van der Waals surface area contributed by atoms with Crippen molar-refractivity contribution < 1.29 is 0 Å². The Balaban J connectivity index is 1.81. The van der Waals surface area contributed by atoms with Crippen molar-refractivity contribution in [1.29, 1.82) is 0 Å². The number of rotatable bonds is 4. The summed E-state index contributed by atoms with van der Waals surface area (Å²) in [5, 5.41) is 7.89. The van der Waals surface area contributed by atoms with Crippen LogP contribution in [0, 0.1) is 0 Å². The molecule has 0 spiro atoms. The monoisotopic (exact) mass is 225 g/mol. The standard InChI is InChI=1S/C11H19N3S/c1-2-14-11(5-6-13-14)8-12-10-4-3-7-15-9-10/h5-6,10,12H,2-4,7-9H2,1H3. The van der Waals surface area contributed by atoms with Crippen LogP contribution in [0.15, 0.2) is 12.3 Å². The third-order valence-corrected chi connectivity index (χ3v) is 4.05. The third kappa shape index (κ3) is 2.98. The Bertz CT molecular complexity index is 292. The van der Waals surface area contributed by atoms with Gasteiger partial charge in [-0.25, -0.2) is 0 Å². The summed E-state index contributed by atoms with van der Waals surface area (Å²) in [5.74, 6) is 2.60. The van der Waals surface area contributed by atoms with Crippen LogP contribution in [0.2, 0.25) is 0 Å². The highest BCUT2D eigenvalue weighted by atomic mass is 32.2. The molecule has 1 aromatic heterocycles. The largest absolute Gasteiger partial charge is 0.308 e. The van der Waals surface area contributed by atoms with Crippen LogP contribution < -0.4 is 5.32 Å². The summed E-state index contributed by atoms with van der Waals surface area (Å²) in [7, 11) is 0. The molecule has 1 saturated heterocycles. The zero-order valence-corrected chi connectivity index (χ0v) is 10.1. The van der Waals surface area contributed by atoms with E-state index < -0.39 is 0 Å². The highest BCUT2D eigenvalue weighted by molar-refractivity contribution is 7.99. The average molecular weight is 225 g/mol. The van der Waals surface area contributed by atoms with Crippen LogP contribution in [0.4, 0.5) is 0 Å². The van der Waals surface area contributed by atoms with Crippen molar-refractivity contribution in [3.05, 3.63) is 18.0 Å². The molecule has 1 aliphatic heterocycles. The molecule has 3 nitrogen and oxygen atoms in total. The predicted molar refractivity (Wildman–Crippen MR) is 65.1 cm³/mol. The lowest BCUT2D eigenvalue weighted by atomic mass is 10.2. The van der Waals surface area contributed by atoms with E-state index in [-0.39, 0.29) is 0 Å². The highest BCUT2D eigenvalue weighted by Gasteiger charge is 2.13. The molecule has 0 saturated carbocycles. The Labute approximate surface area is 95.6 Å². The summed E-state index contributed by atoms with van der Waals surface area (Å²) in [6.45, 7) is 4.05. The Kier molecular flexibility index (Phi) is 4.09. The van der Waals surface area contributed by atoms with Gasteiger partial charge >= 0.3 is 0 Å². The first-order valence-corrected chi connectivity index (χ1v) is 6.87. The SMILES string of the molecule is CCn1nccc1CNC1CCCSC1. The van der Waals surface area contributed by atoms with Crippen LogP contribution in [0.25, 0.3) is 0 Å². The van der Waals surface area contributed by atoms with Gasteiger partial charge in [0.15, 0.2) is 0 Å². The third-order valence-electron chi connectivity index (χ3n) is 2.84. The van der Waals surface area contributed by atoms with Gasteiger partial charge in [-0.05, 0) is 31.6 Å². The van der Waals surface area contributed by atoms with E-state index in [1.807, 2.05) is 6.20 Å². The van der Waals surface area contributed by atoms with E-state index in [1.165, 1.54) is 30.0 Å². The van der Waals surface area contributed by atoms with Crippen molar-refractivity contribution in [2.45, 2.75) is 38.9 Å². The Morgan fingerprint density at radius 3 is 3.33 bits per heavy atom. The molecule has 0 aliphatic carbocycles. The summed E-state index contributed by atoms with van der Waals surface area (Å²) in [6.07, 6.45) is 4.57. The molecule has 1 N–H and O–H groups in total. The zero-order chi connectivity index (χ0) is 10.5. The summed E-state index contributed by atoms with van der Waals surface area (Å²) < 4.78 is 2.06. The first-order chi connectivity index (χ1) is 7.40. The van der Waals surface area contributed by atoms with Crippen LogP contribution in [0.1, 0.15) is 25.5 Å². The fourth-order valence-corrected chi connectivity index (χ4v) is 3.05. The number of aryl methyl sites for hydroxylation is 1. The van der Waals surface area contributed by atoms with Gasteiger partial charge in [0.05, 0.1) is 5.69 Å². The van der Waals surface area contributed by atoms with Gasteiger partial charge in [0.25, 0.3) is 0 Å². The lowest BCUT2D eigenvalue weighted by Crippen LogP contribution is -2.33. The molecule has 0 radical (unpaired) electrons. The Morgan fingerprint density at radius 2 is 2.60 bits per heavy atom. The van der Waals surface area contributed by atoms with Gasteiger partial charge in [0.2, 0.25) is 0 Å². The van der Waals surface area contributed by atoms with Crippen LogP contribution in [-0.2, 0) is 13.1 Å². The number of hydrogen-bond acceptors (Lipinski definition) is 3. The molecule has 1 atom stereocenters. The first kappa shape index (κ1) is 11.0. The van der Waals surface area contributed by atoms with E-state index in [9.17, 15) is 0 Å². The highest BCUT2D eigenvalue weighted by Crippen LogP contribution is 2.17. The molecule has 0 bridgehead atoms. The van der Waals surface area contributed by atoms with E-state index >= 15 is 0 Å². The van der Waals surface area contributed by atoms with Gasteiger partial charge < -0.3 is 5.32 Å². The predicted octanol–water partition coefficient (Wildman–Crippen LogP) is 1.89. The van der Waals surface area contributed by atoms with Crippen LogP contribution in [-0.4, -0.2) is 27.3 Å². The van der Waals surface area contributed by atoms with E-state index in [4.69, 9.17) is 0 Å². The minimum Gasteiger partial charge on any atom is -0.308 e. The minimum atomic E-state index is 0.698. The quantitative estimate of drug-likeness (QED) is 0.848. The van der Waals surface area contributed by atoms with Gasteiger partial charge in [0, 0.05) is 31.1 Å². The van der Waals surface area contributed by atoms with Crippen LogP contribution in [0.3, 0.4) is 0 Å². The van der Waals surface area contributed by atoms with Gasteiger partial charge in [-0.1, -0.05) is 0 Å². The molecule has 1 fully saturated rings. The first-order valence-electron chi connectivity index (χ1n) is 5.72. The summed E-state index contributed by atoms with van der Waals surface area (Å²) in [5.41, 5.74) is 1.30. The second-order valence-electron chi connectivity index (χ2n) is 3.93. The normalized spacial score (nSPS) is 21.8. The molecule has 1 aromatic rings. The smallest absolute Gasteiger partial charge is 0.0522 e. The summed E-state index contributed by atoms with van der Waals surface area (Å²) in [6, 6.07) is 2.80. The molecular formula is C11H19N3S. The molecule has 1 aliphatic rings. The molecule has 0 aromatic carbocycles. The molecule has 15 heavy (non-hydrogen) atoms. The van der Waals surface area contributed by atoms with E-state index in [0.717, 1.165) is 13.1 Å². The van der Waals surface area contributed by atoms with Gasteiger partial charge in [0.1, 0.15) is 0 Å². The van der Waals surface area contributed by atoms with Crippen molar-refractivity contribution in [1.82, 2.24) is 15.1 Å². The second kappa shape index (κ2) is 5.56. The fraction of sp³-hybridized carbons (Fsp3) is 0.727. The van der Waals surface area contributed by atoms with Crippen molar-refractivity contribution in [2.75, 3.05) is 11.5 Å². The molecule has 4 heteroatoms. The number of thioether (sulfide) groups is 1. The average Bonchev–Trinajstić information content (AvgIpc) is 2.75. The molecular weight excluding hydrogens is 206 g/mol. The number of aromatic nitrogens is 2. The maximum atomic E-state index is 4.27. The molecule has 84 valence electrons. The van der Waals surface area contributed by atoms with E-state index in [0.29, 0.717) is 6.04 Å². The van der Waals surface area contributed by atoms with Crippen molar-refractivity contribution in [3.63, 3.8) is 0 Å². The lowest BCUT2D eigenvalue weighted by molar-refractivity contribution is 0.487. The van der Waals surface area contributed by atoms with E-state index in [1.54, 1.807) is 0 Å². The maximum Gasteiger partial charge on any atom is 0.0522 e. The second-order valence-corrected chi connectivity index (χ2v) is 5.08. The maximum absolute atomic E-state index is 4.27. The van der Waals surface area contributed by atoms with Crippen molar-refractivity contribution in [3.8, 4) is 0 Å². The van der Waals surface area contributed by atoms with E-state index in [2.05, 4.69) is 39.8 Å². The van der Waals surface area contributed by atoms with Crippen molar-refractivity contribution in [2.24, 2.45) is 0 Å². The van der Waals surface area contributed by atoms with Crippen LogP contribution >= 0.6 is 11.8 Å². The topological polar surface area (TPSA) is 29.9 Å². The summed E-state index contributed by atoms with van der Waals surface area (Å²) in [4.78, 5) is 0. The molecule has 1 unspecified atom stereocenters. The number of hydrogen-bond donors (Lipinski definition) is 1. The molecule has 0 amide bonds.